The van der Waals surface area contributed by atoms with Crippen molar-refractivity contribution in [2.24, 2.45) is 0 Å². The van der Waals surface area contributed by atoms with Gasteiger partial charge in [-0.15, -0.1) is 0 Å². The number of carbonyl (C=O) groups excluding carboxylic acids is 2. The van der Waals surface area contributed by atoms with Gasteiger partial charge in [0.05, 0.1) is 0 Å². The Morgan fingerprint density at radius 1 is 1.00 bits per heavy atom. The van der Waals surface area contributed by atoms with Crippen molar-refractivity contribution in [1.29, 1.82) is 0 Å². The first-order valence-electron chi connectivity index (χ1n) is 10.7. The highest BCUT2D eigenvalue weighted by molar-refractivity contribution is 6.31. The monoisotopic (exact) mass is 428 g/mol. The fourth-order valence-electron chi connectivity index (χ4n) is 3.42. The quantitative estimate of drug-likeness (QED) is 0.558. The highest BCUT2D eigenvalue weighted by atomic mass is 35.5. The van der Waals surface area contributed by atoms with Crippen molar-refractivity contribution in [2.45, 2.75) is 72.0 Å². The van der Waals surface area contributed by atoms with Crippen LogP contribution in [-0.2, 0) is 22.6 Å². The maximum Gasteiger partial charge on any atom is 0.243 e. The van der Waals surface area contributed by atoms with Crippen LogP contribution in [0.1, 0.15) is 56.7 Å². The summed E-state index contributed by atoms with van der Waals surface area (Å²) < 4.78 is 0. The van der Waals surface area contributed by atoms with E-state index in [1.807, 2.05) is 76.2 Å². The van der Waals surface area contributed by atoms with Crippen LogP contribution in [0.5, 0.6) is 0 Å². The topological polar surface area (TPSA) is 49.4 Å². The molecule has 1 N–H and O–H groups in total. The van der Waals surface area contributed by atoms with Crippen LogP contribution in [0.15, 0.2) is 48.5 Å². The van der Waals surface area contributed by atoms with E-state index in [4.69, 9.17) is 11.6 Å². The average molecular weight is 429 g/mol. The number of halogens is 1. The molecule has 5 heteroatoms. The number of amides is 2. The van der Waals surface area contributed by atoms with Crippen LogP contribution in [0.3, 0.4) is 0 Å². The highest BCUT2D eigenvalue weighted by Gasteiger charge is 2.29. The highest BCUT2D eigenvalue weighted by Crippen LogP contribution is 2.20. The Kier molecular flexibility index (Phi) is 9.38. The number of nitrogens with one attached hydrogen (secondary N) is 1. The lowest BCUT2D eigenvalue weighted by Crippen LogP contribution is -2.50. The summed E-state index contributed by atoms with van der Waals surface area (Å²) in [6.45, 7) is 8.41. The predicted octanol–water partition coefficient (Wildman–Crippen LogP) is 5.30. The summed E-state index contributed by atoms with van der Waals surface area (Å²) >= 11 is 6.26. The van der Waals surface area contributed by atoms with Gasteiger partial charge in [-0.3, -0.25) is 9.59 Å². The fourth-order valence-corrected chi connectivity index (χ4v) is 3.65. The molecular weight excluding hydrogens is 396 g/mol. The molecule has 0 aromatic heterocycles. The number of nitrogens with zero attached hydrogens (tertiary/aromatic N) is 1. The Balaban J connectivity index is 2.24. The molecule has 0 heterocycles. The average Bonchev–Trinajstić information content (AvgIpc) is 2.74. The Hall–Kier alpha value is -2.33. The summed E-state index contributed by atoms with van der Waals surface area (Å²) in [5.74, 6) is -0.129. The maximum absolute atomic E-state index is 13.3. The second-order valence-corrected chi connectivity index (χ2v) is 8.19. The molecule has 2 amide bonds. The second-order valence-electron chi connectivity index (χ2n) is 7.78. The van der Waals surface area contributed by atoms with Gasteiger partial charge in [-0.05, 0) is 55.9 Å². The molecule has 2 aromatic carbocycles. The van der Waals surface area contributed by atoms with Crippen LogP contribution in [0, 0.1) is 6.92 Å². The molecule has 0 saturated heterocycles. The minimum atomic E-state index is -0.502. The van der Waals surface area contributed by atoms with Crippen molar-refractivity contribution in [3.63, 3.8) is 0 Å². The normalized spacial score (nSPS) is 12.8. The molecule has 0 spiro atoms. The van der Waals surface area contributed by atoms with Gasteiger partial charge in [-0.1, -0.05) is 67.9 Å². The Morgan fingerprint density at radius 2 is 1.63 bits per heavy atom. The first-order valence-corrected chi connectivity index (χ1v) is 11.1. The zero-order valence-corrected chi connectivity index (χ0v) is 19.2. The third-order valence-electron chi connectivity index (χ3n) is 5.55. The van der Waals surface area contributed by atoms with Crippen molar-refractivity contribution < 1.29 is 9.59 Å². The Labute approximate surface area is 185 Å². The molecule has 0 bridgehead atoms. The lowest BCUT2D eigenvalue weighted by molar-refractivity contribution is -0.141. The summed E-state index contributed by atoms with van der Waals surface area (Å²) in [6.07, 6.45) is 2.27. The third-order valence-corrected chi connectivity index (χ3v) is 5.92. The molecular formula is C25H33ClN2O2. The molecule has 0 aliphatic carbocycles. The van der Waals surface area contributed by atoms with E-state index in [1.54, 1.807) is 4.90 Å². The van der Waals surface area contributed by atoms with Gasteiger partial charge in [0.25, 0.3) is 0 Å². The largest absolute Gasteiger partial charge is 0.352 e. The zero-order chi connectivity index (χ0) is 22.1. The van der Waals surface area contributed by atoms with E-state index in [0.29, 0.717) is 30.8 Å². The minimum Gasteiger partial charge on any atom is -0.352 e. The van der Waals surface area contributed by atoms with E-state index in [2.05, 4.69) is 5.32 Å². The van der Waals surface area contributed by atoms with Crippen molar-refractivity contribution in [3.8, 4) is 0 Å². The SMILES string of the molecule is CC[C@H](C(=O)N[C@@H](C)CC)N(Cc1ccccc1C)C(=O)CCc1ccccc1Cl. The maximum atomic E-state index is 13.3. The summed E-state index contributed by atoms with van der Waals surface area (Å²) in [5.41, 5.74) is 3.11. The van der Waals surface area contributed by atoms with Crippen molar-refractivity contribution in [3.05, 3.63) is 70.2 Å². The smallest absolute Gasteiger partial charge is 0.243 e. The molecule has 0 saturated carbocycles. The van der Waals surface area contributed by atoms with Crippen LogP contribution in [0.2, 0.25) is 5.02 Å². The summed E-state index contributed by atoms with van der Waals surface area (Å²) in [6, 6.07) is 15.1. The molecule has 0 fully saturated rings. The molecule has 2 rings (SSSR count). The summed E-state index contributed by atoms with van der Waals surface area (Å²) in [7, 11) is 0. The fraction of sp³-hybridized carbons (Fsp3) is 0.440. The molecule has 0 unspecified atom stereocenters. The van der Waals surface area contributed by atoms with Crippen LogP contribution in [0.25, 0.3) is 0 Å². The molecule has 30 heavy (non-hydrogen) atoms. The molecule has 0 aliphatic rings. The molecule has 0 aliphatic heterocycles. The van der Waals surface area contributed by atoms with Gasteiger partial charge in [-0.2, -0.15) is 0 Å². The van der Waals surface area contributed by atoms with Crippen LogP contribution in [-0.4, -0.2) is 28.8 Å². The van der Waals surface area contributed by atoms with E-state index in [9.17, 15) is 9.59 Å². The number of aryl methyl sites for hydroxylation is 2. The number of benzene rings is 2. The molecule has 162 valence electrons. The minimum absolute atomic E-state index is 0.0377. The molecule has 4 nitrogen and oxygen atoms in total. The van der Waals surface area contributed by atoms with Gasteiger partial charge in [0.1, 0.15) is 6.04 Å². The number of carbonyl (C=O) groups is 2. The molecule has 2 aromatic rings. The van der Waals surface area contributed by atoms with E-state index in [-0.39, 0.29) is 17.9 Å². The second kappa shape index (κ2) is 11.8. The number of rotatable bonds is 10. The predicted molar refractivity (Wildman–Crippen MR) is 123 cm³/mol. The Bertz CT molecular complexity index is 853. The first kappa shape index (κ1) is 23.9. The van der Waals surface area contributed by atoms with E-state index in [1.165, 1.54) is 0 Å². The lowest BCUT2D eigenvalue weighted by atomic mass is 10.0. The van der Waals surface area contributed by atoms with Gasteiger partial charge >= 0.3 is 0 Å². The first-order chi connectivity index (χ1) is 14.4. The number of hydrogen-bond donors (Lipinski definition) is 1. The van der Waals surface area contributed by atoms with Crippen LogP contribution in [0.4, 0.5) is 0 Å². The molecule has 2 atom stereocenters. The van der Waals surface area contributed by atoms with Crippen molar-refractivity contribution in [1.82, 2.24) is 10.2 Å². The lowest BCUT2D eigenvalue weighted by Gasteiger charge is -2.32. The standard InChI is InChI=1S/C25H33ClN2O2/c1-5-19(4)27-25(30)23(6-2)28(17-21-13-8-7-11-18(21)3)24(29)16-15-20-12-9-10-14-22(20)26/h7-14,19,23H,5-6,15-17H2,1-4H3,(H,27,30)/t19-,23+/m0/s1. The molecule has 0 radical (unpaired) electrons. The Morgan fingerprint density at radius 3 is 2.23 bits per heavy atom. The third kappa shape index (κ3) is 6.60. The summed E-state index contributed by atoms with van der Waals surface area (Å²) in [5, 5.41) is 3.71. The van der Waals surface area contributed by atoms with Crippen LogP contribution < -0.4 is 5.32 Å². The zero-order valence-electron chi connectivity index (χ0n) is 18.5. The van der Waals surface area contributed by atoms with E-state index in [0.717, 1.165) is 23.1 Å². The van der Waals surface area contributed by atoms with Gasteiger partial charge < -0.3 is 10.2 Å². The van der Waals surface area contributed by atoms with E-state index < -0.39 is 6.04 Å². The van der Waals surface area contributed by atoms with Gasteiger partial charge in [0.2, 0.25) is 11.8 Å². The van der Waals surface area contributed by atoms with Gasteiger partial charge in [-0.25, -0.2) is 0 Å². The van der Waals surface area contributed by atoms with E-state index >= 15 is 0 Å². The van der Waals surface area contributed by atoms with Gasteiger partial charge in [0.15, 0.2) is 0 Å². The van der Waals surface area contributed by atoms with Gasteiger partial charge in [0, 0.05) is 24.0 Å². The van der Waals surface area contributed by atoms with Crippen molar-refractivity contribution in [2.75, 3.05) is 0 Å². The summed E-state index contributed by atoms with van der Waals surface area (Å²) in [4.78, 5) is 28.0. The van der Waals surface area contributed by atoms with Crippen molar-refractivity contribution >= 4 is 23.4 Å². The number of hydrogen-bond acceptors (Lipinski definition) is 2. The van der Waals surface area contributed by atoms with Crippen LogP contribution >= 0.6 is 11.6 Å².